The zero-order chi connectivity index (χ0) is 21.0. The second kappa shape index (κ2) is 8.87. The number of methoxy groups -OCH3 is 1. The minimum atomic E-state index is -3.68. The molecule has 3 rings (SSSR count). The van der Waals surface area contributed by atoms with Gasteiger partial charge in [-0.25, -0.2) is 8.42 Å². The standard InChI is InChI=1S/C20H22N2O5S2/c1-13-10-20(24)22-17-12-16(6-7-18(17)28-13)29(25,26)9-8-19(23)21-14-4-3-5-15(11-14)27-2/h3-7,11-13H,8-10H2,1-2H3,(H,21,23)(H,22,24)/t13-/m1/s1. The smallest absolute Gasteiger partial charge is 0.225 e. The number of ether oxygens (including phenoxy) is 1. The molecule has 0 saturated heterocycles. The number of nitrogens with one attached hydrogen (secondary N) is 2. The molecule has 154 valence electrons. The average Bonchev–Trinajstić information content (AvgIpc) is 2.82. The number of fused-ring (bicyclic) bond motifs is 1. The fourth-order valence-electron chi connectivity index (χ4n) is 2.89. The maximum absolute atomic E-state index is 12.7. The minimum Gasteiger partial charge on any atom is -0.497 e. The SMILES string of the molecule is COc1cccc(NC(=O)CCS(=O)(=O)c2ccc3c(c2)NC(=O)C[C@@H](C)S3)c1. The summed E-state index contributed by atoms with van der Waals surface area (Å²) in [5.41, 5.74) is 1.02. The van der Waals surface area contributed by atoms with Crippen molar-refractivity contribution in [2.24, 2.45) is 0 Å². The highest BCUT2D eigenvalue weighted by molar-refractivity contribution is 8.00. The zero-order valence-electron chi connectivity index (χ0n) is 16.1. The molecule has 0 radical (unpaired) electrons. The van der Waals surface area contributed by atoms with Crippen LogP contribution in [0.4, 0.5) is 11.4 Å². The molecule has 1 aliphatic rings. The summed E-state index contributed by atoms with van der Waals surface area (Å²) in [6, 6.07) is 11.5. The van der Waals surface area contributed by atoms with Crippen LogP contribution in [0, 0.1) is 0 Å². The molecule has 1 atom stereocenters. The van der Waals surface area contributed by atoms with Crippen molar-refractivity contribution in [3.05, 3.63) is 42.5 Å². The van der Waals surface area contributed by atoms with Crippen molar-refractivity contribution < 1.29 is 22.7 Å². The van der Waals surface area contributed by atoms with Gasteiger partial charge in [-0.1, -0.05) is 13.0 Å². The Balaban J connectivity index is 1.68. The van der Waals surface area contributed by atoms with Crippen molar-refractivity contribution in [2.75, 3.05) is 23.5 Å². The molecule has 1 heterocycles. The predicted molar refractivity (Wildman–Crippen MR) is 113 cm³/mol. The van der Waals surface area contributed by atoms with Crippen molar-refractivity contribution in [1.82, 2.24) is 0 Å². The molecule has 0 spiro atoms. The van der Waals surface area contributed by atoms with Gasteiger partial charge in [0.25, 0.3) is 0 Å². The van der Waals surface area contributed by atoms with E-state index >= 15 is 0 Å². The fourth-order valence-corrected chi connectivity index (χ4v) is 5.21. The number of sulfone groups is 1. The highest BCUT2D eigenvalue weighted by Crippen LogP contribution is 2.36. The third kappa shape index (κ3) is 5.51. The number of anilines is 2. The molecule has 1 aliphatic heterocycles. The van der Waals surface area contributed by atoms with E-state index in [4.69, 9.17) is 4.74 Å². The molecule has 0 fully saturated rings. The van der Waals surface area contributed by atoms with Crippen LogP contribution in [-0.2, 0) is 19.4 Å². The normalized spacial score (nSPS) is 16.3. The fraction of sp³-hybridized carbons (Fsp3) is 0.300. The molecule has 0 bridgehead atoms. The number of thioether (sulfide) groups is 1. The summed E-state index contributed by atoms with van der Waals surface area (Å²) < 4.78 is 30.5. The first-order valence-corrected chi connectivity index (χ1v) is 11.6. The van der Waals surface area contributed by atoms with E-state index in [1.807, 2.05) is 6.92 Å². The van der Waals surface area contributed by atoms with Crippen molar-refractivity contribution in [1.29, 1.82) is 0 Å². The van der Waals surface area contributed by atoms with Gasteiger partial charge in [0.2, 0.25) is 11.8 Å². The first-order valence-electron chi connectivity index (χ1n) is 9.04. The van der Waals surface area contributed by atoms with Crippen LogP contribution in [-0.4, -0.2) is 38.3 Å². The molecule has 0 unspecified atom stereocenters. The van der Waals surface area contributed by atoms with Crippen molar-refractivity contribution in [3.63, 3.8) is 0 Å². The topological polar surface area (TPSA) is 102 Å². The monoisotopic (exact) mass is 434 g/mol. The van der Waals surface area contributed by atoms with E-state index in [2.05, 4.69) is 10.6 Å². The van der Waals surface area contributed by atoms with E-state index in [0.29, 0.717) is 23.5 Å². The number of benzene rings is 2. The molecule has 0 saturated carbocycles. The van der Waals surface area contributed by atoms with Gasteiger partial charge in [-0.2, -0.15) is 0 Å². The summed E-state index contributed by atoms with van der Waals surface area (Å²) in [6.07, 6.45) is 0.181. The second-order valence-corrected chi connectivity index (χ2v) is 10.3. The number of hydrogen-bond donors (Lipinski definition) is 2. The molecule has 2 N–H and O–H groups in total. The molecule has 2 amide bonds. The Morgan fingerprint density at radius 2 is 2.07 bits per heavy atom. The lowest BCUT2D eigenvalue weighted by Crippen LogP contribution is -2.18. The summed E-state index contributed by atoms with van der Waals surface area (Å²) in [7, 11) is -2.16. The quantitative estimate of drug-likeness (QED) is 0.723. The lowest BCUT2D eigenvalue weighted by Gasteiger charge is -2.11. The molecule has 2 aromatic rings. The van der Waals surface area contributed by atoms with Crippen LogP contribution in [0.1, 0.15) is 19.8 Å². The third-order valence-corrected chi connectivity index (χ3v) is 7.23. The van der Waals surface area contributed by atoms with E-state index < -0.39 is 15.7 Å². The summed E-state index contributed by atoms with van der Waals surface area (Å²) >= 11 is 1.53. The number of carbonyl (C=O) groups excluding carboxylic acids is 2. The third-order valence-electron chi connectivity index (χ3n) is 4.34. The van der Waals surface area contributed by atoms with E-state index in [0.717, 1.165) is 4.90 Å². The van der Waals surface area contributed by atoms with Crippen molar-refractivity contribution in [2.45, 2.75) is 34.8 Å². The molecule has 9 heteroatoms. The Morgan fingerprint density at radius 1 is 1.28 bits per heavy atom. The Kier molecular flexibility index (Phi) is 6.49. The first kappa shape index (κ1) is 21.2. The van der Waals surface area contributed by atoms with Gasteiger partial charge < -0.3 is 15.4 Å². The number of rotatable bonds is 6. The highest BCUT2D eigenvalue weighted by atomic mass is 32.2. The molecule has 29 heavy (non-hydrogen) atoms. The molecule has 0 aliphatic carbocycles. The molecule has 7 nitrogen and oxygen atoms in total. The molecule has 2 aromatic carbocycles. The average molecular weight is 435 g/mol. The van der Waals surface area contributed by atoms with E-state index in [1.54, 1.807) is 30.3 Å². The zero-order valence-corrected chi connectivity index (χ0v) is 17.7. The lowest BCUT2D eigenvalue weighted by atomic mass is 10.3. The molecular weight excluding hydrogens is 412 g/mol. The maximum Gasteiger partial charge on any atom is 0.225 e. The maximum atomic E-state index is 12.7. The number of carbonyl (C=O) groups is 2. The van der Waals surface area contributed by atoms with Gasteiger partial charge in [0.1, 0.15) is 5.75 Å². The van der Waals surface area contributed by atoms with Crippen molar-refractivity contribution in [3.8, 4) is 5.75 Å². The van der Waals surface area contributed by atoms with Crippen LogP contribution in [0.25, 0.3) is 0 Å². The van der Waals surface area contributed by atoms with Gasteiger partial charge in [0, 0.05) is 34.7 Å². The van der Waals surface area contributed by atoms with E-state index in [-0.39, 0.29) is 28.2 Å². The van der Waals surface area contributed by atoms with Gasteiger partial charge in [-0.15, -0.1) is 11.8 Å². The van der Waals surface area contributed by atoms with Crippen LogP contribution >= 0.6 is 11.8 Å². The Labute approximate surface area is 174 Å². The van der Waals surface area contributed by atoms with Gasteiger partial charge >= 0.3 is 0 Å². The van der Waals surface area contributed by atoms with Gasteiger partial charge in [-0.05, 0) is 30.3 Å². The van der Waals surface area contributed by atoms with Crippen LogP contribution in [0.2, 0.25) is 0 Å². The Hall–Kier alpha value is -2.52. The Morgan fingerprint density at radius 3 is 2.83 bits per heavy atom. The van der Waals surface area contributed by atoms with Crippen LogP contribution in [0.3, 0.4) is 0 Å². The number of amides is 2. The minimum absolute atomic E-state index is 0.0842. The van der Waals surface area contributed by atoms with Gasteiger partial charge in [0.05, 0.1) is 23.4 Å². The van der Waals surface area contributed by atoms with Crippen LogP contribution < -0.4 is 15.4 Å². The van der Waals surface area contributed by atoms with E-state index in [9.17, 15) is 18.0 Å². The van der Waals surface area contributed by atoms with Crippen LogP contribution in [0.15, 0.2) is 52.3 Å². The summed E-state index contributed by atoms with van der Waals surface area (Å²) in [4.78, 5) is 25.0. The molecular formula is C20H22N2O5S2. The number of hydrogen-bond acceptors (Lipinski definition) is 6. The Bertz CT molecular complexity index is 1040. The predicted octanol–water partition coefficient (Wildman–Crippen LogP) is 3.32. The largest absolute Gasteiger partial charge is 0.497 e. The summed E-state index contributed by atoms with van der Waals surface area (Å²) in [5.74, 6) is -0.293. The van der Waals surface area contributed by atoms with Crippen LogP contribution in [0.5, 0.6) is 5.75 Å². The van der Waals surface area contributed by atoms with Gasteiger partial charge in [0.15, 0.2) is 9.84 Å². The van der Waals surface area contributed by atoms with E-state index in [1.165, 1.54) is 31.0 Å². The molecule has 0 aromatic heterocycles. The summed E-state index contributed by atoms with van der Waals surface area (Å²) in [5, 5.41) is 5.53. The highest BCUT2D eigenvalue weighted by Gasteiger charge is 2.23. The van der Waals surface area contributed by atoms with Crippen molar-refractivity contribution >= 4 is 44.8 Å². The first-order chi connectivity index (χ1) is 13.8. The summed E-state index contributed by atoms with van der Waals surface area (Å²) in [6.45, 7) is 1.95. The second-order valence-electron chi connectivity index (χ2n) is 6.69. The van der Waals surface area contributed by atoms with Gasteiger partial charge in [-0.3, -0.25) is 9.59 Å². The lowest BCUT2D eigenvalue weighted by molar-refractivity contribution is -0.116.